The van der Waals surface area contributed by atoms with E-state index >= 15 is 0 Å². The average Bonchev–Trinajstić information content (AvgIpc) is 2.68. The molecule has 0 unspecified atom stereocenters. The van der Waals surface area contributed by atoms with Crippen LogP contribution in [0.25, 0.3) is 0 Å². The Balaban J connectivity index is 1.74. The van der Waals surface area contributed by atoms with Crippen LogP contribution >= 0.6 is 0 Å². The smallest absolute Gasteiger partial charge is 0.251 e. The first-order valence-electron chi connectivity index (χ1n) is 8.93. The van der Waals surface area contributed by atoms with Crippen molar-refractivity contribution in [3.8, 4) is 5.75 Å². The maximum atomic E-state index is 12.6. The molecule has 1 aliphatic rings. The molecular formula is C21H25NO4. The van der Waals surface area contributed by atoms with E-state index in [2.05, 4.69) is 0 Å². The van der Waals surface area contributed by atoms with Crippen LogP contribution in [0.3, 0.4) is 0 Å². The van der Waals surface area contributed by atoms with Crippen molar-refractivity contribution in [2.24, 2.45) is 0 Å². The second-order valence-corrected chi connectivity index (χ2v) is 6.72. The normalized spacial score (nSPS) is 21.5. The zero-order valence-corrected chi connectivity index (χ0v) is 14.9. The van der Waals surface area contributed by atoms with E-state index in [4.69, 9.17) is 4.74 Å². The van der Waals surface area contributed by atoms with Crippen LogP contribution in [-0.4, -0.2) is 40.3 Å². The second kappa shape index (κ2) is 8.34. The van der Waals surface area contributed by atoms with Gasteiger partial charge in [-0.3, -0.25) is 4.79 Å². The Morgan fingerprint density at radius 1 is 1.12 bits per heavy atom. The Bertz CT molecular complexity index is 717. The van der Waals surface area contributed by atoms with E-state index < -0.39 is 12.2 Å². The van der Waals surface area contributed by atoms with Crippen LogP contribution in [0.1, 0.15) is 36.5 Å². The lowest BCUT2D eigenvalue weighted by Gasteiger charge is -2.39. The number of rotatable bonds is 6. The maximum Gasteiger partial charge on any atom is 0.251 e. The van der Waals surface area contributed by atoms with Crippen LogP contribution in [0.15, 0.2) is 54.6 Å². The molecule has 1 amide bonds. The quantitative estimate of drug-likeness (QED) is 0.836. The fourth-order valence-electron chi connectivity index (χ4n) is 3.45. The number of benzene rings is 2. The molecule has 0 aromatic heterocycles. The molecule has 0 spiro atoms. The van der Waals surface area contributed by atoms with Gasteiger partial charge in [-0.1, -0.05) is 42.5 Å². The summed E-state index contributed by atoms with van der Waals surface area (Å²) in [6.07, 6.45) is -0.0311. The third-order valence-corrected chi connectivity index (χ3v) is 4.97. The van der Waals surface area contributed by atoms with Crippen LogP contribution in [0.5, 0.6) is 5.75 Å². The van der Waals surface area contributed by atoms with Gasteiger partial charge in [0, 0.05) is 12.6 Å². The molecule has 0 bridgehead atoms. The number of carbonyl (C=O) groups excluding carboxylic acids is 1. The number of hydrogen-bond acceptors (Lipinski definition) is 4. The summed E-state index contributed by atoms with van der Waals surface area (Å²) in [6, 6.07) is 16.9. The molecule has 3 rings (SSSR count). The van der Waals surface area contributed by atoms with E-state index in [1.54, 1.807) is 12.0 Å². The Hall–Kier alpha value is -2.37. The lowest BCUT2D eigenvalue weighted by Crippen LogP contribution is -2.50. The van der Waals surface area contributed by atoms with Gasteiger partial charge < -0.3 is 19.8 Å². The van der Waals surface area contributed by atoms with Crippen LogP contribution in [0, 0.1) is 0 Å². The van der Waals surface area contributed by atoms with Crippen LogP contribution in [-0.2, 0) is 11.3 Å². The second-order valence-electron chi connectivity index (χ2n) is 6.72. The van der Waals surface area contributed by atoms with Gasteiger partial charge in [-0.15, -0.1) is 0 Å². The van der Waals surface area contributed by atoms with Crippen molar-refractivity contribution in [1.29, 1.82) is 0 Å². The molecule has 0 saturated carbocycles. The first-order chi connectivity index (χ1) is 12.6. The van der Waals surface area contributed by atoms with Crippen molar-refractivity contribution < 1.29 is 19.7 Å². The molecule has 1 saturated heterocycles. The van der Waals surface area contributed by atoms with Gasteiger partial charge >= 0.3 is 0 Å². The first kappa shape index (κ1) is 18.4. The molecule has 0 aliphatic carbocycles. The minimum atomic E-state index is -0.960. The summed E-state index contributed by atoms with van der Waals surface area (Å²) >= 11 is 0. The zero-order valence-electron chi connectivity index (χ0n) is 14.9. The van der Waals surface area contributed by atoms with Crippen molar-refractivity contribution in [2.45, 2.75) is 44.1 Å². The number of aliphatic hydroxyl groups excluding tert-OH is 2. The molecule has 26 heavy (non-hydrogen) atoms. The Labute approximate surface area is 153 Å². The molecule has 5 heteroatoms. The van der Waals surface area contributed by atoms with Crippen molar-refractivity contribution >= 4 is 5.91 Å². The highest BCUT2D eigenvalue weighted by molar-refractivity contribution is 5.81. The summed E-state index contributed by atoms with van der Waals surface area (Å²) < 4.78 is 5.17. The summed E-state index contributed by atoms with van der Waals surface area (Å²) in [4.78, 5) is 14.2. The number of methoxy groups -OCH3 is 1. The molecule has 2 aromatic rings. The standard InChI is InChI=1S/C21H25NO4/c1-26-18-10-7-15(8-11-18)14-22-17(9-12-19(23)21(22)25)13-20(24)16-5-3-2-4-6-16/h2-8,10-11,17,19-20,23-24H,9,12-14H2,1H3/t17-,19-,20-/m0/s1. The average molecular weight is 355 g/mol. The van der Waals surface area contributed by atoms with E-state index in [1.807, 2.05) is 54.6 Å². The fourth-order valence-corrected chi connectivity index (χ4v) is 3.45. The van der Waals surface area contributed by atoms with Crippen molar-refractivity contribution in [3.63, 3.8) is 0 Å². The highest BCUT2D eigenvalue weighted by atomic mass is 16.5. The fraction of sp³-hybridized carbons (Fsp3) is 0.381. The molecule has 3 atom stereocenters. The molecular weight excluding hydrogens is 330 g/mol. The summed E-state index contributed by atoms with van der Waals surface area (Å²) in [5, 5.41) is 20.6. The maximum absolute atomic E-state index is 12.6. The summed E-state index contributed by atoms with van der Waals surface area (Å²) in [5.74, 6) is 0.493. The van der Waals surface area contributed by atoms with E-state index in [9.17, 15) is 15.0 Å². The van der Waals surface area contributed by atoms with E-state index in [0.29, 0.717) is 25.8 Å². The summed E-state index contributed by atoms with van der Waals surface area (Å²) in [7, 11) is 1.61. The number of nitrogens with zero attached hydrogens (tertiary/aromatic N) is 1. The summed E-state index contributed by atoms with van der Waals surface area (Å²) in [5.41, 5.74) is 1.81. The monoisotopic (exact) mass is 355 g/mol. The molecule has 138 valence electrons. The molecule has 0 radical (unpaired) electrons. The van der Waals surface area contributed by atoms with Crippen molar-refractivity contribution in [3.05, 3.63) is 65.7 Å². The number of aliphatic hydroxyl groups is 2. The zero-order chi connectivity index (χ0) is 18.5. The van der Waals surface area contributed by atoms with Crippen LogP contribution < -0.4 is 4.74 Å². The summed E-state index contributed by atoms with van der Waals surface area (Å²) in [6.45, 7) is 0.409. The van der Waals surface area contributed by atoms with Gasteiger partial charge in [0.15, 0.2) is 0 Å². The van der Waals surface area contributed by atoms with E-state index in [-0.39, 0.29) is 11.9 Å². The number of likely N-dealkylation sites (tertiary alicyclic amines) is 1. The van der Waals surface area contributed by atoms with Crippen LogP contribution in [0.4, 0.5) is 0 Å². The van der Waals surface area contributed by atoms with Crippen molar-refractivity contribution in [2.75, 3.05) is 7.11 Å². The minimum absolute atomic E-state index is 0.108. The predicted octanol–water partition coefficient (Wildman–Crippen LogP) is 2.67. The Morgan fingerprint density at radius 2 is 1.81 bits per heavy atom. The van der Waals surface area contributed by atoms with Gasteiger partial charge in [0.1, 0.15) is 11.9 Å². The van der Waals surface area contributed by atoms with E-state index in [1.165, 1.54) is 0 Å². The largest absolute Gasteiger partial charge is 0.497 e. The highest BCUT2D eigenvalue weighted by Gasteiger charge is 2.35. The lowest BCUT2D eigenvalue weighted by molar-refractivity contribution is -0.149. The number of carbonyl (C=O) groups is 1. The van der Waals surface area contributed by atoms with Gasteiger partial charge in [-0.05, 0) is 42.5 Å². The van der Waals surface area contributed by atoms with Gasteiger partial charge in [-0.2, -0.15) is 0 Å². The van der Waals surface area contributed by atoms with Gasteiger partial charge in [0.05, 0.1) is 13.2 Å². The third kappa shape index (κ3) is 4.23. The lowest BCUT2D eigenvalue weighted by atomic mass is 9.92. The molecule has 1 heterocycles. The Morgan fingerprint density at radius 3 is 2.46 bits per heavy atom. The van der Waals surface area contributed by atoms with E-state index in [0.717, 1.165) is 16.9 Å². The topological polar surface area (TPSA) is 70.0 Å². The first-order valence-corrected chi connectivity index (χ1v) is 8.93. The third-order valence-electron chi connectivity index (χ3n) is 4.97. The minimum Gasteiger partial charge on any atom is -0.497 e. The van der Waals surface area contributed by atoms with Gasteiger partial charge in [0.25, 0.3) is 5.91 Å². The van der Waals surface area contributed by atoms with Crippen molar-refractivity contribution in [1.82, 2.24) is 4.90 Å². The SMILES string of the molecule is COc1ccc(CN2C(=O)[C@@H](O)CC[C@H]2C[C@H](O)c2ccccc2)cc1. The molecule has 2 N–H and O–H groups in total. The van der Waals surface area contributed by atoms with Gasteiger partial charge in [0.2, 0.25) is 0 Å². The molecule has 1 fully saturated rings. The predicted molar refractivity (Wildman–Crippen MR) is 98.6 cm³/mol. The number of piperidine rings is 1. The molecule has 5 nitrogen and oxygen atoms in total. The molecule has 2 aromatic carbocycles. The number of ether oxygens (including phenoxy) is 1. The number of hydrogen-bond donors (Lipinski definition) is 2. The number of amides is 1. The Kier molecular flexibility index (Phi) is 5.91. The van der Waals surface area contributed by atoms with Crippen LogP contribution in [0.2, 0.25) is 0 Å². The molecule has 1 aliphatic heterocycles. The van der Waals surface area contributed by atoms with Gasteiger partial charge in [-0.25, -0.2) is 0 Å². The highest BCUT2D eigenvalue weighted by Crippen LogP contribution is 2.29.